The van der Waals surface area contributed by atoms with Crippen LogP contribution in [0.1, 0.15) is 28.4 Å². The Morgan fingerprint density at radius 2 is 1.81 bits per heavy atom. The number of thiazole rings is 1. The van der Waals surface area contributed by atoms with E-state index >= 15 is 0 Å². The van der Waals surface area contributed by atoms with Crippen molar-refractivity contribution in [3.8, 4) is 0 Å². The maximum Gasteiger partial charge on any atom is 0.177 e. The van der Waals surface area contributed by atoms with Crippen LogP contribution in [-0.4, -0.2) is 40.9 Å². The van der Waals surface area contributed by atoms with Crippen molar-refractivity contribution >= 4 is 36.7 Å². The molecule has 0 amide bonds. The molecule has 0 saturated heterocycles. The summed E-state index contributed by atoms with van der Waals surface area (Å²) in [6, 6.07) is 4.16. The Bertz CT molecular complexity index is 1000. The van der Waals surface area contributed by atoms with Crippen LogP contribution in [0.2, 0.25) is 0 Å². The van der Waals surface area contributed by atoms with Crippen molar-refractivity contribution in [2.75, 3.05) is 24.4 Å². The molecule has 1 aliphatic rings. The van der Waals surface area contributed by atoms with Gasteiger partial charge in [0.05, 0.1) is 26.2 Å². The van der Waals surface area contributed by atoms with E-state index in [1.165, 1.54) is 41.6 Å². The van der Waals surface area contributed by atoms with E-state index in [0.717, 1.165) is 30.4 Å². The second kappa shape index (κ2) is 7.28. The van der Waals surface area contributed by atoms with Gasteiger partial charge in [-0.3, -0.25) is 0 Å². The molecule has 0 aliphatic heterocycles. The van der Waals surface area contributed by atoms with Gasteiger partial charge in [-0.25, -0.2) is 21.8 Å². The van der Waals surface area contributed by atoms with Crippen molar-refractivity contribution in [2.24, 2.45) is 0 Å². The van der Waals surface area contributed by atoms with Gasteiger partial charge in [-0.1, -0.05) is 0 Å². The van der Waals surface area contributed by atoms with Crippen LogP contribution in [-0.2, 0) is 38.9 Å². The summed E-state index contributed by atoms with van der Waals surface area (Å²) in [5, 5.41) is 4.17. The summed E-state index contributed by atoms with van der Waals surface area (Å²) < 4.78 is 47.5. The fourth-order valence-electron chi connectivity index (χ4n) is 3.00. The number of rotatable bonds is 6. The molecular weight excluding hydrogens is 392 g/mol. The van der Waals surface area contributed by atoms with Gasteiger partial charge in [0, 0.05) is 30.4 Å². The van der Waals surface area contributed by atoms with Gasteiger partial charge < -0.3 is 5.32 Å². The smallest absolute Gasteiger partial charge is 0.177 e. The molecule has 1 aromatic carbocycles. The van der Waals surface area contributed by atoms with Crippen molar-refractivity contribution in [1.29, 1.82) is 0 Å². The third-order valence-electron chi connectivity index (χ3n) is 4.32. The summed E-state index contributed by atoms with van der Waals surface area (Å²) in [4.78, 5) is 6.05. The monoisotopic (exact) mass is 414 g/mol. The van der Waals surface area contributed by atoms with Crippen molar-refractivity contribution in [3.63, 3.8) is 0 Å². The Kier molecular flexibility index (Phi) is 5.41. The SMILES string of the molecule is CS(=O)(=O)c1ccc(NCCc2nc3c(s2)CCCC3)c(S(C)(=O)=O)c1. The summed E-state index contributed by atoms with van der Waals surface area (Å²) in [6.45, 7) is 0.535. The summed E-state index contributed by atoms with van der Waals surface area (Å²) in [5.41, 5.74) is 1.63. The molecule has 0 unspecified atom stereocenters. The summed E-state index contributed by atoms with van der Waals surface area (Å²) >= 11 is 1.74. The molecule has 1 aromatic heterocycles. The lowest BCUT2D eigenvalue weighted by molar-refractivity contribution is 0.600. The molecule has 1 N–H and O–H groups in total. The molecule has 0 radical (unpaired) electrons. The molecular formula is C17H22N2O4S3. The zero-order valence-electron chi connectivity index (χ0n) is 14.8. The third-order valence-corrected chi connectivity index (χ3v) is 7.79. The van der Waals surface area contributed by atoms with Gasteiger partial charge in [-0.15, -0.1) is 11.3 Å². The molecule has 3 rings (SSSR count). The normalized spacial score (nSPS) is 14.8. The molecule has 0 bridgehead atoms. The molecule has 2 aromatic rings. The van der Waals surface area contributed by atoms with Gasteiger partial charge in [-0.2, -0.15) is 0 Å². The number of hydrogen-bond donors (Lipinski definition) is 1. The lowest BCUT2D eigenvalue weighted by atomic mass is 10.0. The van der Waals surface area contributed by atoms with Crippen LogP contribution in [0.25, 0.3) is 0 Å². The lowest BCUT2D eigenvalue weighted by Crippen LogP contribution is -2.10. The van der Waals surface area contributed by atoms with Gasteiger partial charge in [0.2, 0.25) is 0 Å². The van der Waals surface area contributed by atoms with Gasteiger partial charge in [-0.05, 0) is 43.9 Å². The predicted octanol–water partition coefficient (Wildman–Crippen LogP) is 2.48. The van der Waals surface area contributed by atoms with Gasteiger partial charge >= 0.3 is 0 Å². The van der Waals surface area contributed by atoms with Crippen molar-refractivity contribution in [2.45, 2.75) is 41.9 Å². The Morgan fingerprint density at radius 3 is 2.46 bits per heavy atom. The lowest BCUT2D eigenvalue weighted by Gasteiger charge is -2.12. The first-order valence-electron chi connectivity index (χ1n) is 8.40. The van der Waals surface area contributed by atoms with Crippen LogP contribution in [0.5, 0.6) is 0 Å². The van der Waals surface area contributed by atoms with Crippen LogP contribution < -0.4 is 5.32 Å². The van der Waals surface area contributed by atoms with Crippen molar-refractivity contribution < 1.29 is 16.8 Å². The Morgan fingerprint density at radius 1 is 1.08 bits per heavy atom. The second-order valence-electron chi connectivity index (χ2n) is 6.56. The van der Waals surface area contributed by atoms with Gasteiger partial charge in [0.1, 0.15) is 0 Å². The van der Waals surface area contributed by atoms with Crippen molar-refractivity contribution in [3.05, 3.63) is 33.8 Å². The number of aromatic nitrogens is 1. The van der Waals surface area contributed by atoms with Crippen LogP contribution >= 0.6 is 11.3 Å². The maximum atomic E-state index is 12.1. The van der Waals surface area contributed by atoms with Gasteiger partial charge in [0.25, 0.3) is 0 Å². The topological polar surface area (TPSA) is 93.2 Å². The molecule has 0 saturated carbocycles. The molecule has 0 spiro atoms. The molecule has 1 aliphatic carbocycles. The second-order valence-corrected chi connectivity index (χ2v) is 11.7. The predicted molar refractivity (Wildman–Crippen MR) is 104 cm³/mol. The van der Waals surface area contributed by atoms with Crippen LogP contribution in [0.15, 0.2) is 28.0 Å². The van der Waals surface area contributed by atoms with Crippen molar-refractivity contribution in [1.82, 2.24) is 4.98 Å². The third kappa shape index (κ3) is 4.44. The van der Waals surface area contributed by atoms with E-state index in [9.17, 15) is 16.8 Å². The summed E-state index contributed by atoms with van der Waals surface area (Å²) in [5.74, 6) is 0. The van der Waals surface area contributed by atoms with E-state index in [1.807, 2.05) is 0 Å². The molecule has 142 valence electrons. The minimum Gasteiger partial charge on any atom is -0.384 e. The number of hydrogen-bond acceptors (Lipinski definition) is 7. The molecule has 1 heterocycles. The number of anilines is 1. The van der Waals surface area contributed by atoms with Crippen LogP contribution in [0, 0.1) is 0 Å². The minimum atomic E-state index is -3.55. The maximum absolute atomic E-state index is 12.1. The average Bonchev–Trinajstić information content (AvgIpc) is 2.95. The minimum absolute atomic E-state index is 0.00106. The number of nitrogens with one attached hydrogen (secondary N) is 1. The van der Waals surface area contributed by atoms with Crippen LogP contribution in [0.4, 0.5) is 5.69 Å². The van der Waals surface area contributed by atoms with E-state index in [4.69, 9.17) is 0 Å². The fourth-order valence-corrected chi connectivity index (χ4v) is 5.76. The summed E-state index contributed by atoms with van der Waals surface area (Å²) in [7, 11) is -7.02. The van der Waals surface area contributed by atoms with E-state index < -0.39 is 19.7 Å². The highest BCUT2D eigenvalue weighted by Crippen LogP contribution is 2.28. The Labute approximate surface area is 158 Å². The zero-order valence-corrected chi connectivity index (χ0v) is 17.2. The first-order chi connectivity index (χ1) is 12.1. The first-order valence-corrected chi connectivity index (χ1v) is 13.0. The Hall–Kier alpha value is -1.45. The van der Waals surface area contributed by atoms with E-state index in [-0.39, 0.29) is 9.79 Å². The largest absolute Gasteiger partial charge is 0.384 e. The molecule has 0 atom stereocenters. The quantitative estimate of drug-likeness (QED) is 0.781. The zero-order chi connectivity index (χ0) is 18.9. The molecule has 26 heavy (non-hydrogen) atoms. The average molecular weight is 415 g/mol. The van der Waals surface area contributed by atoms with E-state index in [0.29, 0.717) is 18.7 Å². The molecule has 9 heteroatoms. The summed E-state index contributed by atoms with van der Waals surface area (Å²) in [6.07, 6.45) is 7.40. The van der Waals surface area contributed by atoms with E-state index in [2.05, 4.69) is 10.3 Å². The Balaban J connectivity index is 1.76. The van der Waals surface area contributed by atoms with E-state index in [1.54, 1.807) is 11.3 Å². The number of sulfone groups is 2. The van der Waals surface area contributed by atoms with Gasteiger partial charge in [0.15, 0.2) is 19.7 Å². The molecule has 6 nitrogen and oxygen atoms in total. The number of aryl methyl sites for hydroxylation is 2. The standard InChI is InChI=1S/C17H22N2O4S3/c1-25(20,21)12-7-8-14(16(11-12)26(2,22)23)18-10-9-17-19-13-5-3-4-6-15(13)24-17/h7-8,11,18H,3-6,9-10H2,1-2H3. The highest BCUT2D eigenvalue weighted by atomic mass is 32.2. The van der Waals surface area contributed by atoms with Crippen LogP contribution in [0.3, 0.4) is 0 Å². The first kappa shape index (κ1) is 19.3. The highest BCUT2D eigenvalue weighted by molar-refractivity contribution is 7.91. The number of benzene rings is 1. The number of fused-ring (bicyclic) bond motifs is 1. The highest BCUT2D eigenvalue weighted by Gasteiger charge is 2.18. The molecule has 0 fully saturated rings. The fraction of sp³-hybridized carbons (Fsp3) is 0.471. The number of nitrogens with zero attached hydrogens (tertiary/aromatic N) is 1.